The molecule has 1 aliphatic carbocycles. The molecule has 0 bridgehead atoms. The van der Waals surface area contributed by atoms with E-state index >= 15 is 0 Å². The first-order valence-electron chi connectivity index (χ1n) is 5.43. The van der Waals surface area contributed by atoms with Crippen LogP contribution < -0.4 is 11.1 Å². The highest BCUT2D eigenvalue weighted by Gasteiger charge is 2.48. The fourth-order valence-electron chi connectivity index (χ4n) is 1.70. The lowest BCUT2D eigenvalue weighted by Crippen LogP contribution is -2.36. The fraction of sp³-hybridized carbons (Fsp3) is 0.417. The summed E-state index contributed by atoms with van der Waals surface area (Å²) in [5, 5.41) is 12.3. The van der Waals surface area contributed by atoms with Gasteiger partial charge in [0.15, 0.2) is 0 Å². The molecule has 4 heteroatoms. The van der Waals surface area contributed by atoms with Crippen LogP contribution in [0.25, 0.3) is 0 Å². The molecule has 0 aromatic heterocycles. The monoisotopic (exact) mass is 220 g/mol. The molecular weight excluding hydrogens is 204 g/mol. The summed E-state index contributed by atoms with van der Waals surface area (Å²) in [4.78, 5) is 11.8. The van der Waals surface area contributed by atoms with E-state index in [4.69, 9.17) is 5.73 Å². The standard InChI is InChI=1S/C12H16N2O2/c13-8-12(5-6-12)11(16)14-7-9-3-1-2-4-10(9)15/h1-4,15H,5-8,13H2,(H,14,16). The van der Waals surface area contributed by atoms with Crippen LogP contribution in [0.1, 0.15) is 18.4 Å². The third-order valence-corrected chi connectivity index (χ3v) is 3.16. The van der Waals surface area contributed by atoms with E-state index in [0.29, 0.717) is 13.1 Å². The molecule has 1 aromatic carbocycles. The van der Waals surface area contributed by atoms with Crippen molar-refractivity contribution in [1.82, 2.24) is 5.32 Å². The van der Waals surface area contributed by atoms with E-state index in [9.17, 15) is 9.90 Å². The quantitative estimate of drug-likeness (QED) is 0.700. The molecule has 4 nitrogen and oxygen atoms in total. The normalized spacial score (nSPS) is 16.8. The summed E-state index contributed by atoms with van der Waals surface area (Å²) in [6, 6.07) is 6.98. The van der Waals surface area contributed by atoms with Crippen LogP contribution in [0.2, 0.25) is 0 Å². The lowest BCUT2D eigenvalue weighted by molar-refractivity contribution is -0.126. The van der Waals surface area contributed by atoms with Crippen LogP contribution in [0.15, 0.2) is 24.3 Å². The summed E-state index contributed by atoms with van der Waals surface area (Å²) in [5.41, 5.74) is 5.96. The van der Waals surface area contributed by atoms with Crippen LogP contribution >= 0.6 is 0 Å². The van der Waals surface area contributed by atoms with Crippen LogP contribution in [-0.4, -0.2) is 17.6 Å². The molecule has 1 aliphatic rings. The van der Waals surface area contributed by atoms with Crippen molar-refractivity contribution in [3.63, 3.8) is 0 Å². The number of nitrogens with two attached hydrogens (primary N) is 1. The molecule has 0 spiro atoms. The molecule has 1 amide bonds. The Hall–Kier alpha value is -1.55. The zero-order valence-corrected chi connectivity index (χ0v) is 9.07. The van der Waals surface area contributed by atoms with Gasteiger partial charge in [-0.2, -0.15) is 0 Å². The molecule has 0 saturated heterocycles. The predicted octanol–water partition coefficient (Wildman–Crippen LogP) is 0.747. The molecule has 1 saturated carbocycles. The molecule has 16 heavy (non-hydrogen) atoms. The van der Waals surface area contributed by atoms with Crippen molar-refractivity contribution in [1.29, 1.82) is 0 Å². The van der Waals surface area contributed by atoms with Gasteiger partial charge < -0.3 is 16.2 Å². The van der Waals surface area contributed by atoms with Gasteiger partial charge in [0, 0.05) is 18.7 Å². The number of amides is 1. The number of phenols is 1. The summed E-state index contributed by atoms with van der Waals surface area (Å²) < 4.78 is 0. The van der Waals surface area contributed by atoms with Crippen molar-refractivity contribution >= 4 is 5.91 Å². The van der Waals surface area contributed by atoms with E-state index in [2.05, 4.69) is 5.32 Å². The average Bonchev–Trinajstić information content (AvgIpc) is 3.08. The Morgan fingerprint density at radius 1 is 1.44 bits per heavy atom. The largest absolute Gasteiger partial charge is 0.508 e. The minimum Gasteiger partial charge on any atom is -0.508 e. The SMILES string of the molecule is NCC1(C(=O)NCc2ccccc2O)CC1. The highest BCUT2D eigenvalue weighted by molar-refractivity contribution is 5.85. The third-order valence-electron chi connectivity index (χ3n) is 3.16. The van der Waals surface area contributed by atoms with E-state index < -0.39 is 0 Å². The number of benzene rings is 1. The van der Waals surface area contributed by atoms with Gasteiger partial charge in [-0.15, -0.1) is 0 Å². The van der Waals surface area contributed by atoms with E-state index in [1.54, 1.807) is 18.2 Å². The van der Waals surface area contributed by atoms with Crippen LogP contribution in [0.5, 0.6) is 5.75 Å². The van der Waals surface area contributed by atoms with Gasteiger partial charge >= 0.3 is 0 Å². The molecule has 86 valence electrons. The molecular formula is C12H16N2O2. The smallest absolute Gasteiger partial charge is 0.227 e. The van der Waals surface area contributed by atoms with Gasteiger partial charge in [-0.3, -0.25) is 4.79 Å². The molecule has 0 heterocycles. The number of para-hydroxylation sites is 1. The van der Waals surface area contributed by atoms with Gasteiger partial charge in [-0.05, 0) is 18.9 Å². The molecule has 4 N–H and O–H groups in total. The minimum atomic E-state index is -0.329. The summed E-state index contributed by atoms with van der Waals surface area (Å²) >= 11 is 0. The number of nitrogens with one attached hydrogen (secondary N) is 1. The number of rotatable bonds is 4. The van der Waals surface area contributed by atoms with Crippen LogP contribution in [-0.2, 0) is 11.3 Å². The number of carbonyl (C=O) groups excluding carboxylic acids is 1. The first kappa shape index (κ1) is 11.0. The van der Waals surface area contributed by atoms with Gasteiger partial charge in [-0.1, -0.05) is 18.2 Å². The number of phenolic OH excluding ortho intramolecular Hbond substituents is 1. The van der Waals surface area contributed by atoms with Crippen LogP contribution in [0.3, 0.4) is 0 Å². The lowest BCUT2D eigenvalue weighted by Gasteiger charge is -2.13. The molecule has 2 rings (SSSR count). The Balaban J connectivity index is 1.93. The molecule has 1 aromatic rings. The van der Waals surface area contributed by atoms with Crippen molar-refractivity contribution in [3.05, 3.63) is 29.8 Å². The topological polar surface area (TPSA) is 75.4 Å². The Morgan fingerprint density at radius 2 is 2.12 bits per heavy atom. The minimum absolute atomic E-state index is 0.00162. The summed E-state index contributed by atoms with van der Waals surface area (Å²) in [6.07, 6.45) is 1.74. The zero-order chi connectivity index (χ0) is 11.6. The van der Waals surface area contributed by atoms with Crippen LogP contribution in [0, 0.1) is 5.41 Å². The molecule has 0 radical (unpaired) electrons. The first-order valence-corrected chi connectivity index (χ1v) is 5.43. The summed E-state index contributed by atoms with van der Waals surface area (Å²) in [6.45, 7) is 0.757. The highest BCUT2D eigenvalue weighted by atomic mass is 16.3. The van der Waals surface area contributed by atoms with E-state index in [-0.39, 0.29) is 17.1 Å². The lowest BCUT2D eigenvalue weighted by atomic mass is 10.1. The molecule has 0 atom stereocenters. The van der Waals surface area contributed by atoms with Gasteiger partial charge in [0.2, 0.25) is 5.91 Å². The third kappa shape index (κ3) is 2.02. The number of carbonyl (C=O) groups is 1. The van der Waals surface area contributed by atoms with E-state index in [1.165, 1.54) is 0 Å². The van der Waals surface area contributed by atoms with Crippen LogP contribution in [0.4, 0.5) is 0 Å². The van der Waals surface area contributed by atoms with Crippen molar-refractivity contribution in [2.45, 2.75) is 19.4 Å². The second-order valence-electron chi connectivity index (χ2n) is 4.30. The number of aromatic hydroxyl groups is 1. The maximum absolute atomic E-state index is 11.8. The second kappa shape index (κ2) is 4.14. The fourth-order valence-corrected chi connectivity index (χ4v) is 1.70. The Kier molecular flexibility index (Phi) is 2.83. The Labute approximate surface area is 94.5 Å². The average molecular weight is 220 g/mol. The maximum atomic E-state index is 11.8. The van der Waals surface area contributed by atoms with Gasteiger partial charge in [0.05, 0.1) is 5.41 Å². The highest BCUT2D eigenvalue weighted by Crippen LogP contribution is 2.44. The summed E-state index contributed by atoms with van der Waals surface area (Å²) in [7, 11) is 0. The van der Waals surface area contributed by atoms with Crippen molar-refractivity contribution < 1.29 is 9.90 Å². The predicted molar refractivity (Wildman–Crippen MR) is 60.7 cm³/mol. The van der Waals surface area contributed by atoms with E-state index in [1.807, 2.05) is 6.07 Å². The van der Waals surface area contributed by atoms with Crippen molar-refractivity contribution in [3.8, 4) is 5.75 Å². The number of hydrogen-bond acceptors (Lipinski definition) is 3. The van der Waals surface area contributed by atoms with E-state index in [0.717, 1.165) is 18.4 Å². The second-order valence-corrected chi connectivity index (χ2v) is 4.30. The molecule has 0 aliphatic heterocycles. The van der Waals surface area contributed by atoms with Gasteiger partial charge in [0.25, 0.3) is 0 Å². The molecule has 0 unspecified atom stereocenters. The maximum Gasteiger partial charge on any atom is 0.227 e. The Bertz CT molecular complexity index is 400. The van der Waals surface area contributed by atoms with Crippen molar-refractivity contribution in [2.75, 3.05) is 6.54 Å². The van der Waals surface area contributed by atoms with Gasteiger partial charge in [0.1, 0.15) is 5.75 Å². The Morgan fingerprint density at radius 3 is 2.69 bits per heavy atom. The molecule has 1 fully saturated rings. The van der Waals surface area contributed by atoms with Gasteiger partial charge in [-0.25, -0.2) is 0 Å². The number of hydrogen-bond donors (Lipinski definition) is 3. The summed E-state index contributed by atoms with van der Waals surface area (Å²) in [5.74, 6) is 0.207. The van der Waals surface area contributed by atoms with Crippen molar-refractivity contribution in [2.24, 2.45) is 11.1 Å². The first-order chi connectivity index (χ1) is 7.68. The zero-order valence-electron chi connectivity index (χ0n) is 9.07.